The summed E-state index contributed by atoms with van der Waals surface area (Å²) in [6.07, 6.45) is 4.59. The Balaban J connectivity index is 2.21. The monoisotopic (exact) mass is 418 g/mol. The molecule has 1 aromatic heterocycles. The third kappa shape index (κ3) is 3.34. The summed E-state index contributed by atoms with van der Waals surface area (Å²) in [4.78, 5) is 29.9. The largest absolute Gasteiger partial charge is 0.463 e. The lowest BCUT2D eigenvalue weighted by Gasteiger charge is -2.39. The average Bonchev–Trinajstić information content (AvgIpc) is 2.53. The van der Waals surface area contributed by atoms with Crippen LogP contribution in [0.2, 0.25) is 0 Å². The summed E-state index contributed by atoms with van der Waals surface area (Å²) in [7, 11) is 0. The van der Waals surface area contributed by atoms with E-state index in [4.69, 9.17) is 4.74 Å². The van der Waals surface area contributed by atoms with Crippen LogP contribution in [0, 0.1) is 5.41 Å². The molecule has 26 heavy (non-hydrogen) atoms. The number of Topliss-reactive ketones (excluding diaryl/α,β-unsaturated/α-hetero) is 1. The van der Waals surface area contributed by atoms with Crippen molar-refractivity contribution in [1.29, 1.82) is 0 Å². The van der Waals surface area contributed by atoms with Crippen molar-refractivity contribution in [2.45, 2.75) is 46.5 Å². The van der Waals surface area contributed by atoms with E-state index in [0.29, 0.717) is 17.6 Å². The molecule has 0 aromatic carbocycles. The summed E-state index contributed by atoms with van der Waals surface area (Å²) in [5, 5.41) is 3.32. The topological polar surface area (TPSA) is 68.3 Å². The van der Waals surface area contributed by atoms with Crippen molar-refractivity contribution in [1.82, 2.24) is 10.3 Å². The molecule has 1 atom stereocenters. The van der Waals surface area contributed by atoms with Gasteiger partial charge < -0.3 is 10.1 Å². The van der Waals surface area contributed by atoms with Crippen molar-refractivity contribution in [3.05, 3.63) is 51.0 Å². The van der Waals surface area contributed by atoms with E-state index in [1.807, 2.05) is 13.0 Å². The Labute approximate surface area is 162 Å². The van der Waals surface area contributed by atoms with Crippen LogP contribution in [-0.4, -0.2) is 23.3 Å². The van der Waals surface area contributed by atoms with Crippen LogP contribution >= 0.6 is 15.9 Å². The Morgan fingerprint density at radius 1 is 1.42 bits per heavy atom. The van der Waals surface area contributed by atoms with E-state index in [-0.39, 0.29) is 17.8 Å². The maximum Gasteiger partial charge on any atom is 0.336 e. The minimum Gasteiger partial charge on any atom is -0.463 e. The predicted molar refractivity (Wildman–Crippen MR) is 102 cm³/mol. The Hall–Kier alpha value is -1.95. The maximum absolute atomic E-state index is 13.1. The number of aromatic nitrogens is 1. The molecule has 1 N–H and O–H groups in total. The lowest BCUT2D eigenvalue weighted by molar-refractivity contribution is -0.138. The SMILES string of the molecule is CCOC(=O)C1=C(C)NC2=C(C(=O)CC(C)(C)C2)C1c1ccncc1Br. The van der Waals surface area contributed by atoms with Gasteiger partial charge in [0.2, 0.25) is 0 Å². The number of carbonyl (C=O) groups is 2. The van der Waals surface area contributed by atoms with Crippen molar-refractivity contribution in [3.63, 3.8) is 0 Å². The molecule has 0 bridgehead atoms. The Kier molecular flexibility index (Phi) is 5.06. The van der Waals surface area contributed by atoms with Gasteiger partial charge >= 0.3 is 5.97 Å². The predicted octanol–water partition coefficient (Wildman–Crippen LogP) is 4.01. The molecule has 1 aliphatic carbocycles. The molecule has 0 radical (unpaired) electrons. The fourth-order valence-corrected chi connectivity index (χ4v) is 4.33. The number of ether oxygens (including phenoxy) is 1. The van der Waals surface area contributed by atoms with Gasteiger partial charge in [-0.25, -0.2) is 4.79 Å². The van der Waals surface area contributed by atoms with Crippen molar-refractivity contribution in [2.75, 3.05) is 6.61 Å². The molecule has 0 spiro atoms. The number of ketones is 1. The normalized spacial score (nSPS) is 22.0. The van der Waals surface area contributed by atoms with E-state index in [9.17, 15) is 9.59 Å². The van der Waals surface area contributed by atoms with Crippen LogP contribution in [-0.2, 0) is 14.3 Å². The summed E-state index contributed by atoms with van der Waals surface area (Å²) in [6.45, 7) is 8.11. The van der Waals surface area contributed by atoms with E-state index in [2.05, 4.69) is 40.1 Å². The Morgan fingerprint density at radius 2 is 2.15 bits per heavy atom. The lowest BCUT2D eigenvalue weighted by Crippen LogP contribution is -2.38. The van der Waals surface area contributed by atoms with Crippen LogP contribution in [0.4, 0.5) is 0 Å². The molecule has 5 nitrogen and oxygen atoms in total. The highest BCUT2D eigenvalue weighted by molar-refractivity contribution is 9.10. The second-order valence-corrected chi connectivity index (χ2v) is 8.40. The van der Waals surface area contributed by atoms with Crippen LogP contribution in [0.25, 0.3) is 0 Å². The van der Waals surface area contributed by atoms with Crippen LogP contribution in [0.3, 0.4) is 0 Å². The molecule has 1 unspecified atom stereocenters. The van der Waals surface area contributed by atoms with E-state index in [1.165, 1.54) is 0 Å². The highest BCUT2D eigenvalue weighted by Gasteiger charge is 2.43. The third-order valence-electron chi connectivity index (χ3n) is 4.85. The maximum atomic E-state index is 13.1. The van der Waals surface area contributed by atoms with Gasteiger partial charge in [-0.15, -0.1) is 0 Å². The van der Waals surface area contributed by atoms with Crippen molar-refractivity contribution >= 4 is 27.7 Å². The van der Waals surface area contributed by atoms with Gasteiger partial charge in [0.25, 0.3) is 0 Å². The number of pyridine rings is 1. The first kappa shape index (κ1) is 18.8. The second-order valence-electron chi connectivity index (χ2n) is 7.55. The van der Waals surface area contributed by atoms with Crippen molar-refractivity contribution in [3.8, 4) is 0 Å². The molecule has 0 amide bonds. The van der Waals surface area contributed by atoms with Gasteiger partial charge in [0, 0.05) is 46.2 Å². The minimum absolute atomic E-state index is 0.0757. The molecule has 3 rings (SSSR count). The van der Waals surface area contributed by atoms with Gasteiger partial charge in [0.15, 0.2) is 5.78 Å². The molecule has 1 aromatic rings. The molecule has 0 saturated carbocycles. The Bertz CT molecular complexity index is 839. The first-order chi connectivity index (χ1) is 12.2. The number of dihydropyridines is 1. The van der Waals surface area contributed by atoms with E-state index in [0.717, 1.165) is 27.9 Å². The smallest absolute Gasteiger partial charge is 0.336 e. The zero-order chi connectivity index (χ0) is 19.1. The third-order valence-corrected chi connectivity index (χ3v) is 5.51. The van der Waals surface area contributed by atoms with Gasteiger partial charge in [-0.2, -0.15) is 0 Å². The number of rotatable bonds is 3. The lowest BCUT2D eigenvalue weighted by atomic mass is 9.68. The highest BCUT2D eigenvalue weighted by atomic mass is 79.9. The fraction of sp³-hybridized carbons (Fsp3) is 0.450. The molecular formula is C20H23BrN2O3. The van der Waals surface area contributed by atoms with Crippen LogP contribution in [0.5, 0.6) is 0 Å². The fourth-order valence-electron chi connectivity index (χ4n) is 3.85. The van der Waals surface area contributed by atoms with E-state index < -0.39 is 11.9 Å². The molecule has 2 aliphatic rings. The van der Waals surface area contributed by atoms with Gasteiger partial charge in [0.05, 0.1) is 12.2 Å². The summed E-state index contributed by atoms with van der Waals surface area (Å²) in [6, 6.07) is 1.85. The number of nitrogens with zero attached hydrogens (tertiary/aromatic N) is 1. The quantitative estimate of drug-likeness (QED) is 0.750. The summed E-state index contributed by atoms with van der Waals surface area (Å²) in [5.74, 6) is -0.770. The van der Waals surface area contributed by atoms with Crippen molar-refractivity contribution < 1.29 is 14.3 Å². The average molecular weight is 419 g/mol. The highest BCUT2D eigenvalue weighted by Crippen LogP contribution is 2.47. The summed E-state index contributed by atoms with van der Waals surface area (Å²) >= 11 is 3.53. The number of nitrogens with one attached hydrogen (secondary N) is 1. The summed E-state index contributed by atoms with van der Waals surface area (Å²) in [5.41, 5.74) is 3.55. The number of carbonyl (C=O) groups excluding carboxylic acids is 2. The molecule has 1 aliphatic heterocycles. The first-order valence-electron chi connectivity index (χ1n) is 8.75. The first-order valence-corrected chi connectivity index (χ1v) is 9.55. The number of esters is 1. The summed E-state index contributed by atoms with van der Waals surface area (Å²) < 4.78 is 6.07. The molecule has 0 saturated heterocycles. The van der Waals surface area contributed by atoms with Crippen LogP contribution in [0.15, 0.2) is 45.5 Å². The minimum atomic E-state index is -0.453. The van der Waals surface area contributed by atoms with E-state index in [1.54, 1.807) is 19.3 Å². The van der Waals surface area contributed by atoms with Crippen LogP contribution in [0.1, 0.15) is 52.0 Å². The number of allylic oxidation sites excluding steroid dienone is 3. The van der Waals surface area contributed by atoms with Crippen molar-refractivity contribution in [2.24, 2.45) is 5.41 Å². The molecular weight excluding hydrogens is 396 g/mol. The van der Waals surface area contributed by atoms with Gasteiger partial charge in [-0.1, -0.05) is 13.8 Å². The van der Waals surface area contributed by atoms with E-state index >= 15 is 0 Å². The van der Waals surface area contributed by atoms with Gasteiger partial charge in [0.1, 0.15) is 0 Å². The number of hydrogen-bond donors (Lipinski definition) is 1. The Morgan fingerprint density at radius 3 is 2.81 bits per heavy atom. The number of halogens is 1. The number of hydrogen-bond acceptors (Lipinski definition) is 5. The molecule has 2 heterocycles. The standard InChI is InChI=1S/C20H23BrN2O3/c1-5-26-19(25)16-11(2)23-14-8-20(3,4)9-15(24)18(14)17(16)12-6-7-22-10-13(12)21/h6-7,10,17,23H,5,8-9H2,1-4H3. The zero-order valence-corrected chi connectivity index (χ0v) is 17.1. The molecule has 6 heteroatoms. The molecule has 138 valence electrons. The van der Waals surface area contributed by atoms with Gasteiger partial charge in [-0.3, -0.25) is 9.78 Å². The van der Waals surface area contributed by atoms with Crippen LogP contribution < -0.4 is 5.32 Å². The van der Waals surface area contributed by atoms with Gasteiger partial charge in [-0.05, 0) is 53.2 Å². The second kappa shape index (κ2) is 6.99. The zero-order valence-electron chi connectivity index (χ0n) is 15.5. The molecule has 0 fully saturated rings.